The third-order valence-electron chi connectivity index (χ3n) is 5.29. The van der Waals surface area contributed by atoms with Gasteiger partial charge in [-0.25, -0.2) is 0 Å². The van der Waals surface area contributed by atoms with E-state index >= 15 is 0 Å². The first kappa shape index (κ1) is 19.3. The topological polar surface area (TPSA) is 70.3 Å². The highest BCUT2D eigenvalue weighted by molar-refractivity contribution is 6.21. The molecular formula is C22H22ClNO3. The predicted molar refractivity (Wildman–Crippen MR) is 105 cm³/mol. The van der Waals surface area contributed by atoms with Crippen LogP contribution in [0.1, 0.15) is 37.7 Å². The molecule has 1 saturated carbocycles. The van der Waals surface area contributed by atoms with Gasteiger partial charge in [0.2, 0.25) is 0 Å². The van der Waals surface area contributed by atoms with Crippen LogP contribution in [0, 0.1) is 16.7 Å². The maximum Gasteiger partial charge on any atom is 0.324 e. The molecule has 0 radical (unpaired) electrons. The summed E-state index contributed by atoms with van der Waals surface area (Å²) in [6.45, 7) is 2.57. The number of hydrogen-bond acceptors (Lipinski definition) is 3. The van der Waals surface area contributed by atoms with E-state index in [0.29, 0.717) is 25.9 Å². The molecule has 3 rings (SSSR count). The van der Waals surface area contributed by atoms with Crippen LogP contribution in [0.5, 0.6) is 5.75 Å². The number of carboxylic acids is 1. The molecule has 0 heterocycles. The molecule has 2 aromatic carbocycles. The Kier molecular flexibility index (Phi) is 5.72. The second kappa shape index (κ2) is 8.02. The molecule has 0 saturated heterocycles. The van der Waals surface area contributed by atoms with E-state index in [4.69, 9.17) is 16.3 Å². The van der Waals surface area contributed by atoms with Crippen molar-refractivity contribution in [3.8, 4) is 22.9 Å². The van der Waals surface area contributed by atoms with E-state index in [0.717, 1.165) is 22.4 Å². The zero-order chi connectivity index (χ0) is 19.4. The molecule has 5 heteroatoms. The van der Waals surface area contributed by atoms with Gasteiger partial charge in [0, 0.05) is 11.3 Å². The van der Waals surface area contributed by atoms with Crippen molar-refractivity contribution in [2.75, 3.05) is 6.61 Å². The van der Waals surface area contributed by atoms with Crippen molar-refractivity contribution in [3.63, 3.8) is 0 Å². The molecule has 27 heavy (non-hydrogen) atoms. The second-order valence-electron chi connectivity index (χ2n) is 6.85. The van der Waals surface area contributed by atoms with Gasteiger partial charge < -0.3 is 9.84 Å². The van der Waals surface area contributed by atoms with Gasteiger partial charge in [-0.05, 0) is 55.0 Å². The van der Waals surface area contributed by atoms with E-state index in [9.17, 15) is 15.2 Å². The third kappa shape index (κ3) is 3.65. The lowest BCUT2D eigenvalue weighted by molar-refractivity contribution is -0.148. The number of ether oxygens (including phenoxy) is 1. The minimum atomic E-state index is -1.47. The number of rotatable bonds is 5. The Morgan fingerprint density at radius 1 is 1.22 bits per heavy atom. The van der Waals surface area contributed by atoms with E-state index in [1.54, 1.807) is 0 Å². The number of halogens is 1. The zero-order valence-corrected chi connectivity index (χ0v) is 15.9. The summed E-state index contributed by atoms with van der Waals surface area (Å²) in [7, 11) is 0. The Morgan fingerprint density at radius 2 is 1.81 bits per heavy atom. The molecule has 0 aliphatic heterocycles. The summed E-state index contributed by atoms with van der Waals surface area (Å²) in [6, 6.07) is 17.6. The minimum absolute atomic E-state index is 0.327. The number of carbonyl (C=O) groups is 1. The number of alkyl halides is 1. The van der Waals surface area contributed by atoms with Crippen LogP contribution >= 0.6 is 11.6 Å². The number of aliphatic carboxylic acids is 1. The van der Waals surface area contributed by atoms with Gasteiger partial charge in [-0.2, -0.15) is 5.26 Å². The lowest BCUT2D eigenvalue weighted by atomic mass is 9.64. The molecule has 1 fully saturated rings. The van der Waals surface area contributed by atoms with Crippen LogP contribution in [0.3, 0.4) is 0 Å². The molecule has 3 atom stereocenters. The fourth-order valence-corrected chi connectivity index (χ4v) is 4.42. The highest BCUT2D eigenvalue weighted by Crippen LogP contribution is 2.49. The fourth-order valence-electron chi connectivity index (χ4n) is 3.91. The number of benzene rings is 2. The Morgan fingerprint density at radius 3 is 2.33 bits per heavy atom. The maximum absolute atomic E-state index is 11.9. The molecule has 1 N–H and O–H groups in total. The standard InChI is InChI=1S/C22H22ClNO3/c1-2-27-18-11-9-16(10-12-18)15-5-7-17(8-6-15)20-19(23)4-3-13-22(20,14-24)21(25)26/h5-12,19-20H,2-4,13H2,1H3,(H,25,26). The fraction of sp³-hybridized carbons (Fsp3) is 0.364. The first-order chi connectivity index (χ1) is 13.0. The van der Waals surface area contributed by atoms with Gasteiger partial charge in [0.1, 0.15) is 5.75 Å². The Hall–Kier alpha value is -2.51. The van der Waals surface area contributed by atoms with Crippen LogP contribution in [0.15, 0.2) is 48.5 Å². The van der Waals surface area contributed by atoms with Crippen LogP contribution in [-0.4, -0.2) is 23.1 Å². The van der Waals surface area contributed by atoms with Crippen molar-refractivity contribution in [3.05, 3.63) is 54.1 Å². The highest BCUT2D eigenvalue weighted by atomic mass is 35.5. The van der Waals surface area contributed by atoms with Gasteiger partial charge >= 0.3 is 5.97 Å². The molecule has 1 aliphatic carbocycles. The van der Waals surface area contributed by atoms with E-state index in [-0.39, 0.29) is 5.38 Å². The molecule has 0 spiro atoms. The summed E-state index contributed by atoms with van der Waals surface area (Å²) >= 11 is 6.50. The van der Waals surface area contributed by atoms with E-state index in [2.05, 4.69) is 6.07 Å². The van der Waals surface area contributed by atoms with Crippen LogP contribution < -0.4 is 4.74 Å². The summed E-state index contributed by atoms with van der Waals surface area (Å²) in [5.41, 5.74) is 1.39. The molecule has 3 unspecified atom stereocenters. The van der Waals surface area contributed by atoms with Gasteiger partial charge in [-0.1, -0.05) is 36.4 Å². The normalized spacial score (nSPS) is 24.8. The van der Waals surface area contributed by atoms with Gasteiger partial charge in [0.05, 0.1) is 12.7 Å². The van der Waals surface area contributed by atoms with Gasteiger partial charge in [-0.3, -0.25) is 4.79 Å². The average molecular weight is 384 g/mol. The van der Waals surface area contributed by atoms with E-state index in [1.165, 1.54) is 0 Å². The summed E-state index contributed by atoms with van der Waals surface area (Å²) in [4.78, 5) is 11.9. The molecular weight excluding hydrogens is 362 g/mol. The molecule has 0 bridgehead atoms. The molecule has 0 amide bonds. The second-order valence-corrected chi connectivity index (χ2v) is 7.41. The highest BCUT2D eigenvalue weighted by Gasteiger charge is 2.52. The first-order valence-corrected chi connectivity index (χ1v) is 9.57. The van der Waals surface area contributed by atoms with Crippen molar-refractivity contribution in [2.45, 2.75) is 37.5 Å². The number of hydrogen-bond donors (Lipinski definition) is 1. The Bertz CT molecular complexity index is 841. The van der Waals surface area contributed by atoms with Crippen LogP contribution in [0.2, 0.25) is 0 Å². The van der Waals surface area contributed by atoms with Crippen molar-refractivity contribution >= 4 is 17.6 Å². The molecule has 4 nitrogen and oxygen atoms in total. The number of carboxylic acid groups (broad SMARTS) is 1. The summed E-state index contributed by atoms with van der Waals surface area (Å²) in [6.07, 6.45) is 1.69. The lowest BCUT2D eigenvalue weighted by Crippen LogP contribution is -2.43. The molecule has 140 valence electrons. The van der Waals surface area contributed by atoms with Gasteiger partial charge in [-0.15, -0.1) is 11.6 Å². The lowest BCUT2D eigenvalue weighted by Gasteiger charge is -2.39. The predicted octanol–water partition coefficient (Wildman–Crippen LogP) is 5.22. The number of nitriles is 1. The van der Waals surface area contributed by atoms with Gasteiger partial charge in [0.15, 0.2) is 5.41 Å². The van der Waals surface area contributed by atoms with Crippen molar-refractivity contribution < 1.29 is 14.6 Å². The minimum Gasteiger partial charge on any atom is -0.494 e. The quantitative estimate of drug-likeness (QED) is 0.718. The Balaban J connectivity index is 1.91. The Labute approximate surface area is 164 Å². The monoisotopic (exact) mass is 383 g/mol. The molecule has 1 aliphatic rings. The summed E-state index contributed by atoms with van der Waals surface area (Å²) < 4.78 is 5.46. The summed E-state index contributed by atoms with van der Waals surface area (Å²) in [5, 5.41) is 19.0. The smallest absolute Gasteiger partial charge is 0.324 e. The summed E-state index contributed by atoms with van der Waals surface area (Å²) in [5.74, 6) is -0.786. The molecule has 2 aromatic rings. The van der Waals surface area contributed by atoms with Gasteiger partial charge in [0.25, 0.3) is 0 Å². The maximum atomic E-state index is 11.9. The van der Waals surface area contributed by atoms with Crippen molar-refractivity contribution in [2.24, 2.45) is 5.41 Å². The average Bonchev–Trinajstić information content (AvgIpc) is 2.68. The van der Waals surface area contributed by atoms with Crippen LogP contribution in [0.25, 0.3) is 11.1 Å². The van der Waals surface area contributed by atoms with Crippen LogP contribution in [-0.2, 0) is 4.79 Å². The van der Waals surface area contributed by atoms with Crippen molar-refractivity contribution in [1.29, 1.82) is 5.26 Å². The first-order valence-electron chi connectivity index (χ1n) is 9.13. The van der Waals surface area contributed by atoms with Crippen molar-refractivity contribution in [1.82, 2.24) is 0 Å². The zero-order valence-electron chi connectivity index (χ0n) is 15.2. The third-order valence-corrected chi connectivity index (χ3v) is 5.76. The molecule has 0 aromatic heterocycles. The SMILES string of the molecule is CCOc1ccc(-c2ccc(C3C(Cl)CCCC3(C#N)C(=O)O)cc2)cc1. The van der Waals surface area contributed by atoms with Crippen LogP contribution in [0.4, 0.5) is 0 Å². The van der Waals surface area contributed by atoms with E-state index in [1.807, 2.05) is 55.5 Å². The van der Waals surface area contributed by atoms with E-state index < -0.39 is 17.3 Å². The largest absolute Gasteiger partial charge is 0.494 e. The number of nitrogens with zero attached hydrogens (tertiary/aromatic N) is 1.